The summed E-state index contributed by atoms with van der Waals surface area (Å²) < 4.78 is 6.92. The van der Waals surface area contributed by atoms with Crippen molar-refractivity contribution < 1.29 is 4.43 Å². The van der Waals surface area contributed by atoms with Crippen molar-refractivity contribution in [3.8, 4) is 12.3 Å². The highest BCUT2D eigenvalue weighted by atomic mass is 28.4. The number of terminal acetylenes is 1. The van der Waals surface area contributed by atoms with E-state index in [1.54, 1.807) is 0 Å². The number of hydrogen-bond acceptors (Lipinski definition) is 1. The van der Waals surface area contributed by atoms with Crippen LogP contribution >= 0.6 is 0 Å². The lowest BCUT2D eigenvalue weighted by molar-refractivity contribution is -0.0162. The molecule has 136 valence electrons. The van der Waals surface area contributed by atoms with Gasteiger partial charge in [-0.2, -0.15) is 0 Å². The van der Waals surface area contributed by atoms with Gasteiger partial charge < -0.3 is 4.43 Å². The highest BCUT2D eigenvalue weighted by Crippen LogP contribution is 2.59. The molecule has 0 bridgehead atoms. The third kappa shape index (κ3) is 3.68. The predicted octanol–water partition coefficient (Wildman–Crippen LogP) is 6.42. The fourth-order valence-corrected chi connectivity index (χ4v) is 6.45. The molecule has 5 atom stereocenters. The first kappa shape index (κ1) is 19.8. The van der Waals surface area contributed by atoms with Crippen LogP contribution in [0.4, 0.5) is 0 Å². The van der Waals surface area contributed by atoms with Crippen LogP contribution in [0.5, 0.6) is 0 Å². The van der Waals surface area contributed by atoms with Crippen molar-refractivity contribution in [3.05, 3.63) is 12.2 Å². The number of allylic oxidation sites excluding steroid dienone is 2. The van der Waals surface area contributed by atoms with Gasteiger partial charge in [-0.1, -0.05) is 53.0 Å². The van der Waals surface area contributed by atoms with Crippen LogP contribution in [-0.4, -0.2) is 14.4 Å². The van der Waals surface area contributed by atoms with Gasteiger partial charge in [-0.15, -0.1) is 6.42 Å². The molecule has 0 heterocycles. The zero-order valence-corrected chi connectivity index (χ0v) is 18.0. The standard InChI is InChI=1S/C22H38OSi/c1-9-10-12-17(2)18-14-15-19-20(13-11-16-22(18,19)6)23-24(7,8)21(3,4)5/h1,10,12,17-20H,11,13-16H2,2-8H3. The molecule has 0 aromatic rings. The average Bonchev–Trinajstić information content (AvgIpc) is 2.81. The second-order valence-corrected chi connectivity index (χ2v) is 14.7. The first-order valence-electron chi connectivity index (χ1n) is 9.83. The Balaban J connectivity index is 2.18. The van der Waals surface area contributed by atoms with Crippen molar-refractivity contribution in [2.24, 2.45) is 23.2 Å². The lowest BCUT2D eigenvalue weighted by atomic mass is 9.62. The summed E-state index contributed by atoms with van der Waals surface area (Å²) >= 11 is 0. The molecule has 1 nitrogen and oxygen atoms in total. The molecule has 0 spiro atoms. The Labute approximate surface area is 151 Å². The molecule has 2 heteroatoms. The van der Waals surface area contributed by atoms with Crippen molar-refractivity contribution in [1.82, 2.24) is 0 Å². The van der Waals surface area contributed by atoms with E-state index < -0.39 is 8.32 Å². The Morgan fingerprint density at radius 2 is 1.92 bits per heavy atom. The van der Waals surface area contributed by atoms with Crippen LogP contribution < -0.4 is 0 Å². The Kier molecular flexibility index (Phi) is 5.78. The summed E-state index contributed by atoms with van der Waals surface area (Å²) in [6.45, 7) is 16.8. The van der Waals surface area contributed by atoms with Crippen LogP contribution in [0.2, 0.25) is 18.1 Å². The molecule has 0 aromatic heterocycles. The zero-order chi connectivity index (χ0) is 18.2. The smallest absolute Gasteiger partial charge is 0.192 e. The lowest BCUT2D eigenvalue weighted by Crippen LogP contribution is -2.50. The van der Waals surface area contributed by atoms with Gasteiger partial charge in [0.15, 0.2) is 8.32 Å². The fraction of sp³-hybridized carbons (Fsp3) is 0.818. The third-order valence-corrected chi connectivity index (χ3v) is 12.0. The maximum Gasteiger partial charge on any atom is 0.192 e. The van der Waals surface area contributed by atoms with Crippen LogP contribution in [0.3, 0.4) is 0 Å². The Morgan fingerprint density at radius 1 is 1.25 bits per heavy atom. The van der Waals surface area contributed by atoms with Crippen molar-refractivity contribution in [1.29, 1.82) is 0 Å². The molecule has 24 heavy (non-hydrogen) atoms. The van der Waals surface area contributed by atoms with E-state index in [-0.39, 0.29) is 0 Å². The summed E-state index contributed by atoms with van der Waals surface area (Å²) in [5.41, 5.74) is 0.420. The molecule has 2 saturated carbocycles. The number of hydrogen-bond donors (Lipinski definition) is 0. The van der Waals surface area contributed by atoms with E-state index in [4.69, 9.17) is 10.8 Å². The van der Waals surface area contributed by atoms with E-state index in [0.717, 1.165) is 11.8 Å². The highest BCUT2D eigenvalue weighted by molar-refractivity contribution is 6.74. The molecular weight excluding hydrogens is 308 g/mol. The van der Waals surface area contributed by atoms with Gasteiger partial charge in [0, 0.05) is 6.10 Å². The molecule has 0 N–H and O–H groups in total. The van der Waals surface area contributed by atoms with Crippen LogP contribution in [0.1, 0.15) is 66.7 Å². The van der Waals surface area contributed by atoms with Gasteiger partial charge in [0.1, 0.15) is 0 Å². The molecule has 0 aliphatic heterocycles. The van der Waals surface area contributed by atoms with E-state index in [2.05, 4.69) is 59.7 Å². The molecule has 2 aliphatic carbocycles. The second kappa shape index (κ2) is 7.00. The summed E-state index contributed by atoms with van der Waals surface area (Å²) in [7, 11) is -1.70. The highest BCUT2D eigenvalue weighted by Gasteiger charge is 2.54. The van der Waals surface area contributed by atoms with Crippen molar-refractivity contribution >= 4 is 8.32 Å². The first-order valence-corrected chi connectivity index (χ1v) is 12.7. The SMILES string of the molecule is C#CC=CC(C)C1CCC2C(O[Si](C)(C)C(C)(C)C)CCCC12C. The summed E-state index contributed by atoms with van der Waals surface area (Å²) in [6.07, 6.45) is 16.6. The summed E-state index contributed by atoms with van der Waals surface area (Å²) in [5, 5.41) is 0.293. The van der Waals surface area contributed by atoms with Crippen molar-refractivity contribution in [2.45, 2.75) is 91.0 Å². The van der Waals surface area contributed by atoms with E-state index in [9.17, 15) is 0 Å². The molecule has 2 fully saturated rings. The molecule has 2 aliphatic rings. The summed E-state index contributed by atoms with van der Waals surface area (Å²) in [4.78, 5) is 0. The molecule has 0 saturated heterocycles. The van der Waals surface area contributed by atoms with Crippen LogP contribution in [-0.2, 0) is 4.43 Å². The normalized spacial score (nSPS) is 35.7. The maximum absolute atomic E-state index is 6.92. The molecule has 0 amide bonds. The minimum atomic E-state index is -1.70. The number of fused-ring (bicyclic) bond motifs is 1. The minimum Gasteiger partial charge on any atom is -0.414 e. The van der Waals surface area contributed by atoms with E-state index in [1.165, 1.54) is 32.1 Å². The number of rotatable bonds is 4. The second-order valence-electron chi connectivity index (χ2n) is 9.99. The average molecular weight is 347 g/mol. The zero-order valence-electron chi connectivity index (χ0n) is 17.0. The van der Waals surface area contributed by atoms with Crippen LogP contribution in [0.15, 0.2) is 12.2 Å². The van der Waals surface area contributed by atoms with Crippen LogP contribution in [0, 0.1) is 35.5 Å². The molecule has 0 radical (unpaired) electrons. The third-order valence-electron chi connectivity index (χ3n) is 7.52. The monoisotopic (exact) mass is 346 g/mol. The van der Waals surface area contributed by atoms with Crippen molar-refractivity contribution in [2.75, 3.05) is 0 Å². The first-order chi connectivity index (χ1) is 11.0. The predicted molar refractivity (Wildman–Crippen MR) is 107 cm³/mol. The van der Waals surface area contributed by atoms with Crippen molar-refractivity contribution in [3.63, 3.8) is 0 Å². The van der Waals surface area contributed by atoms with E-state index in [1.807, 2.05) is 6.08 Å². The van der Waals surface area contributed by atoms with Gasteiger partial charge in [0.25, 0.3) is 0 Å². The Bertz CT molecular complexity index is 507. The molecule has 2 rings (SSSR count). The van der Waals surface area contributed by atoms with Crippen LogP contribution in [0.25, 0.3) is 0 Å². The van der Waals surface area contributed by atoms with Gasteiger partial charge in [-0.3, -0.25) is 0 Å². The minimum absolute atomic E-state index is 0.293. The van der Waals surface area contributed by atoms with Gasteiger partial charge in [0.05, 0.1) is 0 Å². The van der Waals surface area contributed by atoms with E-state index >= 15 is 0 Å². The largest absolute Gasteiger partial charge is 0.414 e. The molecular formula is C22H38OSi. The Hall–Kier alpha value is -0.523. The van der Waals surface area contributed by atoms with E-state index in [0.29, 0.717) is 22.5 Å². The topological polar surface area (TPSA) is 9.23 Å². The summed E-state index contributed by atoms with van der Waals surface area (Å²) in [6, 6.07) is 0. The van der Waals surface area contributed by atoms with Gasteiger partial charge in [-0.05, 0) is 73.1 Å². The lowest BCUT2D eigenvalue weighted by Gasteiger charge is -2.49. The molecule has 5 unspecified atom stereocenters. The van der Waals surface area contributed by atoms with Gasteiger partial charge >= 0.3 is 0 Å². The van der Waals surface area contributed by atoms with Gasteiger partial charge in [0.2, 0.25) is 0 Å². The fourth-order valence-electron chi connectivity index (χ4n) is 5.06. The Morgan fingerprint density at radius 3 is 2.50 bits per heavy atom. The molecule has 0 aromatic carbocycles. The van der Waals surface area contributed by atoms with Gasteiger partial charge in [-0.25, -0.2) is 0 Å². The maximum atomic E-state index is 6.92. The summed E-state index contributed by atoms with van der Waals surface area (Å²) in [5.74, 6) is 4.71. The quantitative estimate of drug-likeness (QED) is 0.421.